The maximum atomic E-state index is 12.7. The van der Waals surface area contributed by atoms with Crippen molar-refractivity contribution in [2.75, 3.05) is 24.7 Å². The Morgan fingerprint density at radius 2 is 1.91 bits per heavy atom. The first-order chi connectivity index (χ1) is 10.8. The van der Waals surface area contributed by atoms with Crippen LogP contribution in [0.4, 0.5) is 0 Å². The molecule has 128 valence electrons. The van der Waals surface area contributed by atoms with Gasteiger partial charge >= 0.3 is 5.97 Å². The minimum atomic E-state index is -3.81. The van der Waals surface area contributed by atoms with E-state index in [0.717, 1.165) is 0 Å². The van der Waals surface area contributed by atoms with Crippen molar-refractivity contribution in [3.05, 3.63) is 30.3 Å². The lowest BCUT2D eigenvalue weighted by atomic mass is 10.2. The van der Waals surface area contributed by atoms with E-state index in [1.807, 2.05) is 0 Å². The lowest BCUT2D eigenvalue weighted by Crippen LogP contribution is -2.45. The number of carbonyl (C=O) groups is 1. The van der Waals surface area contributed by atoms with Crippen molar-refractivity contribution in [1.82, 2.24) is 5.32 Å². The van der Waals surface area contributed by atoms with Gasteiger partial charge in [-0.3, -0.25) is 4.79 Å². The largest absolute Gasteiger partial charge is 0.465 e. The third-order valence-corrected chi connectivity index (χ3v) is 7.75. The Hall–Kier alpha value is -1.45. The number of esters is 1. The lowest BCUT2D eigenvalue weighted by Gasteiger charge is -2.19. The average Bonchev–Trinajstić information content (AvgIpc) is 2.82. The van der Waals surface area contributed by atoms with Gasteiger partial charge in [0.2, 0.25) is 0 Å². The van der Waals surface area contributed by atoms with Gasteiger partial charge in [-0.05, 0) is 19.1 Å². The number of sulfone groups is 2. The van der Waals surface area contributed by atoms with Gasteiger partial charge in [0.1, 0.15) is 0 Å². The predicted octanol–water partition coefficient (Wildman–Crippen LogP) is -0.221. The standard InChI is InChI=1S/C14H19NO6S2/c1-2-21-14(16)8-15-12-9-22(17,18)10-13(12)23(19,20)11-6-4-3-5-7-11/h3-7,12-13,15H,2,8-10H2,1H3/t12-,13-/m0/s1. The zero-order chi connectivity index (χ0) is 17.1. The quantitative estimate of drug-likeness (QED) is 0.698. The molecule has 1 aromatic rings. The van der Waals surface area contributed by atoms with Crippen LogP contribution in [0.1, 0.15) is 6.92 Å². The molecule has 0 bridgehead atoms. The molecule has 0 spiro atoms. The van der Waals surface area contributed by atoms with Crippen LogP contribution in [0.25, 0.3) is 0 Å². The first-order valence-electron chi connectivity index (χ1n) is 7.14. The van der Waals surface area contributed by atoms with Crippen molar-refractivity contribution in [3.8, 4) is 0 Å². The molecule has 9 heteroatoms. The second-order valence-electron chi connectivity index (χ2n) is 5.27. The number of hydrogen-bond acceptors (Lipinski definition) is 7. The normalized spacial score (nSPS) is 23.5. The summed E-state index contributed by atoms with van der Waals surface area (Å²) in [5.74, 6) is -1.32. The summed E-state index contributed by atoms with van der Waals surface area (Å²) in [7, 11) is -7.30. The Morgan fingerprint density at radius 3 is 2.52 bits per heavy atom. The number of rotatable bonds is 6. The summed E-state index contributed by atoms with van der Waals surface area (Å²) in [5, 5.41) is 1.59. The molecule has 1 fully saturated rings. The van der Waals surface area contributed by atoms with Crippen LogP contribution >= 0.6 is 0 Å². The van der Waals surface area contributed by atoms with E-state index in [1.54, 1.807) is 25.1 Å². The van der Waals surface area contributed by atoms with Crippen molar-refractivity contribution in [2.24, 2.45) is 0 Å². The van der Waals surface area contributed by atoms with Crippen LogP contribution in [0.5, 0.6) is 0 Å². The zero-order valence-corrected chi connectivity index (χ0v) is 14.3. The Morgan fingerprint density at radius 1 is 1.26 bits per heavy atom. The van der Waals surface area contributed by atoms with E-state index in [-0.39, 0.29) is 23.8 Å². The Labute approximate surface area is 135 Å². The Bertz CT molecular complexity index is 758. The molecule has 0 radical (unpaired) electrons. The highest BCUT2D eigenvalue weighted by Crippen LogP contribution is 2.25. The first kappa shape index (κ1) is 17.9. The molecular formula is C14H19NO6S2. The van der Waals surface area contributed by atoms with Gasteiger partial charge in [-0.2, -0.15) is 0 Å². The smallest absolute Gasteiger partial charge is 0.319 e. The van der Waals surface area contributed by atoms with E-state index in [1.165, 1.54) is 12.1 Å². The van der Waals surface area contributed by atoms with Crippen LogP contribution in [0.15, 0.2) is 35.2 Å². The summed E-state index contributed by atoms with van der Waals surface area (Å²) >= 11 is 0. The molecule has 2 atom stereocenters. The van der Waals surface area contributed by atoms with Crippen LogP contribution in [-0.4, -0.2) is 58.8 Å². The van der Waals surface area contributed by atoms with Gasteiger partial charge in [-0.25, -0.2) is 16.8 Å². The van der Waals surface area contributed by atoms with Gasteiger partial charge in [0, 0.05) is 6.04 Å². The van der Waals surface area contributed by atoms with Crippen molar-refractivity contribution in [2.45, 2.75) is 23.1 Å². The Kier molecular flexibility index (Phi) is 5.43. The van der Waals surface area contributed by atoms with Crippen LogP contribution in [0, 0.1) is 0 Å². The third-order valence-electron chi connectivity index (χ3n) is 3.58. The number of benzene rings is 1. The number of carbonyl (C=O) groups excluding carboxylic acids is 1. The van der Waals surface area contributed by atoms with E-state index >= 15 is 0 Å². The second-order valence-corrected chi connectivity index (χ2v) is 9.59. The van der Waals surface area contributed by atoms with Crippen LogP contribution in [-0.2, 0) is 29.2 Å². The molecule has 1 aliphatic rings. The topological polar surface area (TPSA) is 107 Å². The van der Waals surface area contributed by atoms with E-state index in [4.69, 9.17) is 4.74 Å². The molecule has 0 amide bonds. The highest BCUT2D eigenvalue weighted by molar-refractivity contribution is 7.96. The molecule has 1 N–H and O–H groups in total. The molecule has 7 nitrogen and oxygen atoms in total. The molecule has 0 saturated carbocycles. The van der Waals surface area contributed by atoms with Crippen LogP contribution in [0.2, 0.25) is 0 Å². The van der Waals surface area contributed by atoms with Gasteiger partial charge in [0.15, 0.2) is 19.7 Å². The summed E-state index contributed by atoms with van der Waals surface area (Å²) < 4.78 is 53.9. The highest BCUT2D eigenvalue weighted by atomic mass is 32.2. The average molecular weight is 361 g/mol. The van der Waals surface area contributed by atoms with E-state index in [9.17, 15) is 21.6 Å². The first-order valence-corrected chi connectivity index (χ1v) is 10.5. The molecule has 0 aromatic heterocycles. The summed E-state index contributed by atoms with van der Waals surface area (Å²) in [4.78, 5) is 11.5. The minimum absolute atomic E-state index is 0.0741. The van der Waals surface area contributed by atoms with Crippen LogP contribution < -0.4 is 5.32 Å². The van der Waals surface area contributed by atoms with Crippen molar-refractivity contribution < 1.29 is 26.4 Å². The van der Waals surface area contributed by atoms with Gasteiger partial charge < -0.3 is 10.1 Å². The fraction of sp³-hybridized carbons (Fsp3) is 0.500. The SMILES string of the molecule is CCOC(=O)CN[C@H]1CS(=O)(=O)C[C@@H]1S(=O)(=O)c1ccccc1. The zero-order valence-electron chi connectivity index (χ0n) is 12.6. The van der Waals surface area contributed by atoms with Gasteiger partial charge in [0.05, 0.1) is 34.8 Å². The lowest BCUT2D eigenvalue weighted by molar-refractivity contribution is -0.142. The molecule has 1 aromatic carbocycles. The fourth-order valence-corrected chi connectivity index (χ4v) is 7.26. The number of hydrogen-bond donors (Lipinski definition) is 1. The second kappa shape index (κ2) is 6.98. The minimum Gasteiger partial charge on any atom is -0.465 e. The van der Waals surface area contributed by atoms with Crippen molar-refractivity contribution in [3.63, 3.8) is 0 Å². The molecule has 23 heavy (non-hydrogen) atoms. The fourth-order valence-electron chi connectivity index (χ4n) is 2.52. The Balaban J connectivity index is 2.22. The molecule has 1 aliphatic heterocycles. The van der Waals surface area contributed by atoms with E-state index in [2.05, 4.69) is 5.32 Å². The number of nitrogens with one attached hydrogen (secondary N) is 1. The summed E-state index contributed by atoms with van der Waals surface area (Å²) in [6.45, 7) is 1.63. The highest BCUT2D eigenvalue weighted by Gasteiger charge is 2.45. The third kappa shape index (κ3) is 4.30. The molecule has 0 aliphatic carbocycles. The van der Waals surface area contributed by atoms with E-state index < -0.39 is 42.7 Å². The summed E-state index contributed by atoms with van der Waals surface area (Å²) in [6, 6.07) is 6.87. The summed E-state index contributed by atoms with van der Waals surface area (Å²) in [6.07, 6.45) is 0. The predicted molar refractivity (Wildman–Crippen MR) is 84.5 cm³/mol. The monoisotopic (exact) mass is 361 g/mol. The molecule has 0 unspecified atom stereocenters. The van der Waals surface area contributed by atoms with Crippen molar-refractivity contribution >= 4 is 25.6 Å². The van der Waals surface area contributed by atoms with E-state index in [0.29, 0.717) is 0 Å². The van der Waals surface area contributed by atoms with Gasteiger partial charge in [-0.1, -0.05) is 18.2 Å². The van der Waals surface area contributed by atoms with Crippen molar-refractivity contribution in [1.29, 1.82) is 0 Å². The number of ether oxygens (including phenoxy) is 1. The van der Waals surface area contributed by atoms with Crippen LogP contribution in [0.3, 0.4) is 0 Å². The van der Waals surface area contributed by atoms with Gasteiger partial charge in [-0.15, -0.1) is 0 Å². The molecule has 1 saturated heterocycles. The molecule has 2 rings (SSSR count). The van der Waals surface area contributed by atoms with Gasteiger partial charge in [0.25, 0.3) is 0 Å². The molecule has 1 heterocycles. The summed E-state index contributed by atoms with van der Waals surface area (Å²) in [5.41, 5.74) is 0. The maximum Gasteiger partial charge on any atom is 0.319 e. The molecular weight excluding hydrogens is 342 g/mol. The maximum absolute atomic E-state index is 12.7.